The number of amides is 2. The standard InChI is InChI=1S/C30H38FN3O5S/c1-21-18-34(22(2)20-35)40(37,38)29-15-14-24(13-12-23-8-7-9-25(31)16-23)17-27(29)39-28(21)19-33(3)30(36)32-26-10-5-4-6-11-26/h7-9,14-17,21-22,26,28,35H,4-6,10-11,18-20H2,1-3H3,(H,32,36)/t21-,22+,28+/m0/s1. The Bertz CT molecular complexity index is 1370. The molecule has 2 aromatic rings. The molecule has 10 heteroatoms. The van der Waals surface area contributed by atoms with Crippen molar-refractivity contribution in [2.45, 2.75) is 69.0 Å². The molecule has 2 aliphatic rings. The minimum absolute atomic E-state index is 0.0321. The Hall–Kier alpha value is -3.13. The Morgan fingerprint density at radius 3 is 2.55 bits per heavy atom. The Labute approximate surface area is 236 Å². The van der Waals surface area contributed by atoms with E-state index in [1.165, 1.54) is 28.9 Å². The van der Waals surface area contributed by atoms with Crippen LogP contribution in [0.3, 0.4) is 0 Å². The van der Waals surface area contributed by atoms with Crippen LogP contribution in [0.1, 0.15) is 57.1 Å². The van der Waals surface area contributed by atoms with Gasteiger partial charge in [0.15, 0.2) is 0 Å². The van der Waals surface area contributed by atoms with Crippen LogP contribution >= 0.6 is 0 Å². The topological polar surface area (TPSA) is 99.2 Å². The summed E-state index contributed by atoms with van der Waals surface area (Å²) in [5.41, 5.74) is 0.982. The van der Waals surface area contributed by atoms with Crippen molar-refractivity contribution < 1.29 is 27.4 Å². The second-order valence-electron chi connectivity index (χ2n) is 10.8. The van der Waals surface area contributed by atoms with Gasteiger partial charge in [-0.25, -0.2) is 17.6 Å². The Morgan fingerprint density at radius 1 is 1.18 bits per heavy atom. The van der Waals surface area contributed by atoms with Gasteiger partial charge in [0.05, 0.1) is 13.2 Å². The lowest BCUT2D eigenvalue weighted by atomic mass is 9.96. The lowest BCUT2D eigenvalue weighted by Gasteiger charge is -2.37. The van der Waals surface area contributed by atoms with Gasteiger partial charge < -0.3 is 20.1 Å². The molecule has 1 fully saturated rings. The van der Waals surface area contributed by atoms with Gasteiger partial charge in [0, 0.05) is 42.7 Å². The summed E-state index contributed by atoms with van der Waals surface area (Å²) in [6, 6.07) is 9.82. The number of aliphatic hydroxyl groups excluding tert-OH is 1. The van der Waals surface area contributed by atoms with Crippen molar-refractivity contribution in [3.05, 3.63) is 59.4 Å². The highest BCUT2D eigenvalue weighted by Gasteiger charge is 2.38. The molecule has 1 saturated carbocycles. The van der Waals surface area contributed by atoms with E-state index in [0.717, 1.165) is 25.7 Å². The SMILES string of the molecule is C[C@H](CO)N1C[C@H](C)[C@@H](CN(C)C(=O)NC2CCCCC2)Oc2cc(C#Cc3cccc(F)c3)ccc2S1(=O)=O. The molecule has 1 heterocycles. The first-order valence-electron chi connectivity index (χ1n) is 13.8. The Morgan fingerprint density at radius 2 is 1.88 bits per heavy atom. The van der Waals surface area contributed by atoms with E-state index in [-0.39, 0.29) is 48.3 Å². The Kier molecular flexibility index (Phi) is 9.72. The van der Waals surface area contributed by atoms with E-state index in [9.17, 15) is 22.7 Å². The van der Waals surface area contributed by atoms with Crippen LogP contribution in [-0.4, -0.2) is 73.7 Å². The number of sulfonamides is 1. The van der Waals surface area contributed by atoms with E-state index < -0.39 is 28.0 Å². The molecular weight excluding hydrogens is 533 g/mol. The summed E-state index contributed by atoms with van der Waals surface area (Å²) in [5, 5.41) is 13.0. The molecule has 4 rings (SSSR count). The van der Waals surface area contributed by atoms with E-state index in [0.29, 0.717) is 11.1 Å². The van der Waals surface area contributed by atoms with Crippen LogP contribution in [0, 0.1) is 23.6 Å². The summed E-state index contributed by atoms with van der Waals surface area (Å²) in [5.74, 6) is 5.28. The molecule has 2 N–H and O–H groups in total. The molecule has 0 saturated heterocycles. The summed E-state index contributed by atoms with van der Waals surface area (Å²) >= 11 is 0. The van der Waals surface area contributed by atoms with Crippen LogP contribution in [0.5, 0.6) is 5.75 Å². The van der Waals surface area contributed by atoms with Gasteiger partial charge in [0.1, 0.15) is 22.6 Å². The number of rotatable bonds is 5. The molecule has 0 radical (unpaired) electrons. The van der Waals surface area contributed by atoms with Crippen molar-refractivity contribution in [2.75, 3.05) is 26.7 Å². The largest absolute Gasteiger partial charge is 0.487 e. The number of fused-ring (bicyclic) bond motifs is 1. The third-order valence-corrected chi connectivity index (χ3v) is 9.60. The number of nitrogens with zero attached hydrogens (tertiary/aromatic N) is 2. The molecule has 216 valence electrons. The number of carbonyl (C=O) groups is 1. The third-order valence-electron chi connectivity index (χ3n) is 7.58. The van der Waals surface area contributed by atoms with Crippen molar-refractivity contribution in [2.24, 2.45) is 5.92 Å². The lowest BCUT2D eigenvalue weighted by molar-refractivity contribution is 0.0806. The van der Waals surface area contributed by atoms with Crippen LogP contribution in [-0.2, 0) is 10.0 Å². The zero-order valence-electron chi connectivity index (χ0n) is 23.3. The lowest BCUT2D eigenvalue weighted by Crippen LogP contribution is -2.52. The predicted molar refractivity (Wildman–Crippen MR) is 151 cm³/mol. The fraction of sp³-hybridized carbons (Fsp3) is 0.500. The minimum atomic E-state index is -4.01. The zero-order chi connectivity index (χ0) is 28.9. The molecule has 0 unspecified atom stereocenters. The second-order valence-corrected chi connectivity index (χ2v) is 12.7. The molecule has 1 aliphatic heterocycles. The summed E-state index contributed by atoms with van der Waals surface area (Å²) < 4.78 is 48.6. The molecule has 1 aliphatic carbocycles. The molecule has 40 heavy (non-hydrogen) atoms. The maximum Gasteiger partial charge on any atom is 0.317 e. The van der Waals surface area contributed by atoms with E-state index in [4.69, 9.17) is 4.74 Å². The number of nitrogens with one attached hydrogen (secondary N) is 1. The van der Waals surface area contributed by atoms with E-state index in [1.807, 2.05) is 6.92 Å². The number of ether oxygens (including phenoxy) is 1. The molecule has 8 nitrogen and oxygen atoms in total. The minimum Gasteiger partial charge on any atom is -0.487 e. The number of aliphatic hydroxyl groups is 1. The highest BCUT2D eigenvalue weighted by Crippen LogP contribution is 2.34. The molecule has 0 aromatic heterocycles. The van der Waals surface area contributed by atoms with Crippen LogP contribution in [0.25, 0.3) is 0 Å². The van der Waals surface area contributed by atoms with Crippen molar-refractivity contribution in [3.8, 4) is 17.6 Å². The maximum atomic E-state index is 13.7. The highest BCUT2D eigenvalue weighted by atomic mass is 32.2. The molecule has 2 aromatic carbocycles. The predicted octanol–water partition coefficient (Wildman–Crippen LogP) is 3.97. The highest BCUT2D eigenvalue weighted by molar-refractivity contribution is 7.89. The summed E-state index contributed by atoms with van der Waals surface area (Å²) in [4.78, 5) is 14.5. The van der Waals surface area contributed by atoms with Crippen molar-refractivity contribution >= 4 is 16.1 Å². The van der Waals surface area contributed by atoms with Gasteiger partial charge in [-0.3, -0.25) is 0 Å². The number of hydrogen-bond donors (Lipinski definition) is 2. The van der Waals surface area contributed by atoms with Crippen LogP contribution in [0.15, 0.2) is 47.4 Å². The fourth-order valence-electron chi connectivity index (χ4n) is 5.12. The molecule has 0 spiro atoms. The molecule has 2 amide bonds. The Balaban J connectivity index is 1.65. The van der Waals surface area contributed by atoms with E-state index >= 15 is 0 Å². The van der Waals surface area contributed by atoms with Gasteiger partial charge in [-0.2, -0.15) is 4.31 Å². The number of likely N-dealkylation sites (N-methyl/N-ethyl adjacent to an activating group) is 1. The fourth-order valence-corrected chi connectivity index (χ4v) is 6.94. The van der Waals surface area contributed by atoms with Gasteiger partial charge in [-0.15, -0.1) is 0 Å². The summed E-state index contributed by atoms with van der Waals surface area (Å²) in [6.07, 6.45) is 4.80. The van der Waals surface area contributed by atoms with Crippen molar-refractivity contribution in [1.29, 1.82) is 0 Å². The average molecular weight is 572 g/mol. The van der Waals surface area contributed by atoms with E-state index in [1.54, 1.807) is 43.1 Å². The van der Waals surface area contributed by atoms with Gasteiger partial charge >= 0.3 is 6.03 Å². The number of carbonyl (C=O) groups excluding carboxylic acids is 1. The number of halogens is 1. The summed E-state index contributed by atoms with van der Waals surface area (Å²) in [6.45, 7) is 3.55. The molecule has 3 atom stereocenters. The number of benzene rings is 2. The second kappa shape index (κ2) is 13.0. The monoisotopic (exact) mass is 571 g/mol. The van der Waals surface area contributed by atoms with Gasteiger partial charge in [0.25, 0.3) is 0 Å². The van der Waals surface area contributed by atoms with Crippen LogP contribution in [0.2, 0.25) is 0 Å². The van der Waals surface area contributed by atoms with Crippen molar-refractivity contribution in [1.82, 2.24) is 14.5 Å². The number of hydrogen-bond acceptors (Lipinski definition) is 5. The average Bonchev–Trinajstić information content (AvgIpc) is 2.93. The maximum absolute atomic E-state index is 13.7. The smallest absolute Gasteiger partial charge is 0.317 e. The third kappa shape index (κ3) is 7.14. The number of urea groups is 1. The van der Waals surface area contributed by atoms with Gasteiger partial charge in [-0.1, -0.05) is 44.1 Å². The van der Waals surface area contributed by atoms with Gasteiger partial charge in [-0.05, 0) is 56.2 Å². The van der Waals surface area contributed by atoms with E-state index in [2.05, 4.69) is 17.2 Å². The van der Waals surface area contributed by atoms with Crippen molar-refractivity contribution in [3.63, 3.8) is 0 Å². The van der Waals surface area contributed by atoms with Crippen LogP contribution in [0.4, 0.5) is 9.18 Å². The quantitative estimate of drug-likeness (QED) is 0.530. The summed E-state index contributed by atoms with van der Waals surface area (Å²) in [7, 11) is -2.30. The molecule has 0 bridgehead atoms. The zero-order valence-corrected chi connectivity index (χ0v) is 24.1. The molecular formula is C30H38FN3O5S. The van der Waals surface area contributed by atoms with Gasteiger partial charge in [0.2, 0.25) is 10.0 Å². The first-order valence-corrected chi connectivity index (χ1v) is 15.2. The van der Waals surface area contributed by atoms with Crippen LogP contribution < -0.4 is 10.1 Å². The first-order chi connectivity index (χ1) is 19.1. The first kappa shape index (κ1) is 29.8. The normalized spacial score (nSPS) is 21.9.